The normalized spacial score (nSPS) is 10.4. The maximum absolute atomic E-state index is 4.34. The van der Waals surface area contributed by atoms with Gasteiger partial charge in [0.2, 0.25) is 0 Å². The molecule has 0 unspecified atom stereocenters. The van der Waals surface area contributed by atoms with Crippen molar-refractivity contribution in [1.82, 2.24) is 19.7 Å². The van der Waals surface area contributed by atoms with Crippen molar-refractivity contribution in [2.75, 3.05) is 11.9 Å². The van der Waals surface area contributed by atoms with E-state index >= 15 is 0 Å². The average molecular weight is 265 g/mol. The molecule has 0 aliphatic rings. The van der Waals surface area contributed by atoms with Gasteiger partial charge in [0.1, 0.15) is 12.7 Å². The summed E-state index contributed by atoms with van der Waals surface area (Å²) >= 11 is 0. The van der Waals surface area contributed by atoms with Gasteiger partial charge in [0.15, 0.2) is 5.82 Å². The number of nitrogens with zero attached hydrogens (tertiary/aromatic N) is 4. The van der Waals surface area contributed by atoms with Gasteiger partial charge in [0.05, 0.1) is 11.9 Å². The number of anilines is 1. The van der Waals surface area contributed by atoms with Gasteiger partial charge in [-0.3, -0.25) is 0 Å². The molecule has 3 rings (SSSR count). The molecule has 0 bridgehead atoms. The summed E-state index contributed by atoms with van der Waals surface area (Å²) in [5.74, 6) is 0.760. The molecule has 3 aromatic rings. The van der Waals surface area contributed by atoms with Gasteiger partial charge in [0.25, 0.3) is 0 Å². The minimum Gasteiger partial charge on any atom is -0.383 e. The molecule has 0 saturated heterocycles. The molecule has 20 heavy (non-hydrogen) atoms. The minimum absolute atomic E-state index is 0.760. The van der Waals surface area contributed by atoms with Crippen LogP contribution >= 0.6 is 0 Å². The molecular formula is C15H15N5. The Kier molecular flexibility index (Phi) is 3.68. The van der Waals surface area contributed by atoms with E-state index in [1.54, 1.807) is 11.0 Å². The quantitative estimate of drug-likeness (QED) is 0.769. The molecule has 0 radical (unpaired) electrons. The molecule has 0 aliphatic carbocycles. The predicted octanol–water partition coefficient (Wildman–Crippen LogP) is 2.32. The summed E-state index contributed by atoms with van der Waals surface area (Å²) in [5.41, 5.74) is 2.33. The molecular weight excluding hydrogens is 250 g/mol. The zero-order valence-electron chi connectivity index (χ0n) is 11.0. The lowest BCUT2D eigenvalue weighted by Gasteiger charge is -2.07. The summed E-state index contributed by atoms with van der Waals surface area (Å²) in [7, 11) is 0. The molecule has 2 heterocycles. The minimum atomic E-state index is 0.760. The zero-order chi connectivity index (χ0) is 13.6. The lowest BCUT2D eigenvalue weighted by molar-refractivity contribution is 0.845. The Bertz CT molecular complexity index is 632. The first-order valence-electron chi connectivity index (χ1n) is 6.51. The number of aromatic nitrogens is 4. The molecule has 5 nitrogen and oxygen atoms in total. The number of rotatable bonds is 5. The van der Waals surface area contributed by atoms with E-state index in [0.717, 1.165) is 24.5 Å². The Labute approximate surface area is 117 Å². The van der Waals surface area contributed by atoms with Crippen LogP contribution in [0.4, 0.5) is 5.69 Å². The van der Waals surface area contributed by atoms with Crippen LogP contribution in [0.2, 0.25) is 0 Å². The summed E-state index contributed by atoms with van der Waals surface area (Å²) in [6.07, 6.45) is 5.92. The van der Waals surface area contributed by atoms with Crippen molar-refractivity contribution in [1.29, 1.82) is 0 Å². The first kappa shape index (κ1) is 12.3. The maximum atomic E-state index is 4.34. The van der Waals surface area contributed by atoms with Crippen LogP contribution in [0.3, 0.4) is 0 Å². The molecule has 2 aromatic heterocycles. The molecule has 0 atom stereocenters. The molecule has 1 N–H and O–H groups in total. The Morgan fingerprint density at radius 3 is 2.65 bits per heavy atom. The summed E-state index contributed by atoms with van der Waals surface area (Å²) in [5, 5.41) is 7.40. The Hall–Kier alpha value is -2.69. The monoisotopic (exact) mass is 265 g/mol. The van der Waals surface area contributed by atoms with Crippen molar-refractivity contribution >= 4 is 5.69 Å². The Balaban J connectivity index is 1.56. The average Bonchev–Trinajstić information content (AvgIpc) is 3.03. The molecule has 1 aromatic carbocycles. The van der Waals surface area contributed by atoms with Crippen LogP contribution in [0.15, 0.2) is 61.3 Å². The second-order valence-electron chi connectivity index (χ2n) is 4.41. The van der Waals surface area contributed by atoms with Crippen molar-refractivity contribution in [2.24, 2.45) is 0 Å². The lowest BCUT2D eigenvalue weighted by atomic mass is 10.1. The van der Waals surface area contributed by atoms with Gasteiger partial charge >= 0.3 is 0 Å². The first-order valence-corrected chi connectivity index (χ1v) is 6.51. The number of benzene rings is 1. The number of hydrogen-bond donors (Lipinski definition) is 1. The highest BCUT2D eigenvalue weighted by Crippen LogP contribution is 2.09. The van der Waals surface area contributed by atoms with Crippen molar-refractivity contribution in [3.8, 4) is 5.82 Å². The van der Waals surface area contributed by atoms with Crippen molar-refractivity contribution in [3.05, 3.63) is 66.9 Å². The van der Waals surface area contributed by atoms with Crippen molar-refractivity contribution < 1.29 is 0 Å². The highest BCUT2D eigenvalue weighted by molar-refractivity contribution is 5.43. The lowest BCUT2D eigenvalue weighted by Crippen LogP contribution is -2.05. The van der Waals surface area contributed by atoms with Crippen molar-refractivity contribution in [2.45, 2.75) is 6.42 Å². The molecule has 0 amide bonds. The molecule has 100 valence electrons. The second kappa shape index (κ2) is 5.97. The van der Waals surface area contributed by atoms with Crippen LogP contribution in [0, 0.1) is 0 Å². The van der Waals surface area contributed by atoms with E-state index in [0.29, 0.717) is 0 Å². The van der Waals surface area contributed by atoms with Gasteiger partial charge in [-0.05, 0) is 24.1 Å². The fourth-order valence-corrected chi connectivity index (χ4v) is 1.95. The Morgan fingerprint density at radius 1 is 1.05 bits per heavy atom. The van der Waals surface area contributed by atoms with E-state index in [1.165, 1.54) is 11.9 Å². The van der Waals surface area contributed by atoms with Gasteiger partial charge in [0, 0.05) is 6.54 Å². The molecule has 5 heteroatoms. The van der Waals surface area contributed by atoms with E-state index in [2.05, 4.69) is 44.6 Å². The second-order valence-corrected chi connectivity index (χ2v) is 4.41. The smallest absolute Gasteiger partial charge is 0.155 e. The van der Waals surface area contributed by atoms with Gasteiger partial charge in [-0.25, -0.2) is 14.6 Å². The summed E-state index contributed by atoms with van der Waals surface area (Å²) < 4.78 is 1.63. The molecule has 0 aliphatic heterocycles. The third-order valence-corrected chi connectivity index (χ3v) is 2.99. The van der Waals surface area contributed by atoms with Gasteiger partial charge in [-0.2, -0.15) is 5.10 Å². The topological polar surface area (TPSA) is 55.6 Å². The van der Waals surface area contributed by atoms with Gasteiger partial charge in [-0.15, -0.1) is 0 Å². The van der Waals surface area contributed by atoms with E-state index in [1.807, 2.05) is 24.4 Å². The summed E-state index contributed by atoms with van der Waals surface area (Å²) in [6, 6.07) is 14.3. The highest BCUT2D eigenvalue weighted by Gasteiger charge is 1.99. The van der Waals surface area contributed by atoms with Crippen molar-refractivity contribution in [3.63, 3.8) is 0 Å². The van der Waals surface area contributed by atoms with E-state index < -0.39 is 0 Å². The zero-order valence-corrected chi connectivity index (χ0v) is 11.0. The van der Waals surface area contributed by atoms with Crippen LogP contribution in [-0.2, 0) is 6.42 Å². The fraction of sp³-hybridized carbons (Fsp3) is 0.133. The third kappa shape index (κ3) is 3.00. The molecule has 0 saturated carbocycles. The maximum Gasteiger partial charge on any atom is 0.155 e. The number of nitrogens with one attached hydrogen (secondary N) is 1. The first-order chi connectivity index (χ1) is 9.92. The number of pyridine rings is 1. The summed E-state index contributed by atoms with van der Waals surface area (Å²) in [6.45, 7) is 0.883. The van der Waals surface area contributed by atoms with E-state index in [4.69, 9.17) is 0 Å². The highest BCUT2D eigenvalue weighted by atomic mass is 15.3. The predicted molar refractivity (Wildman–Crippen MR) is 77.8 cm³/mol. The summed E-state index contributed by atoms with van der Waals surface area (Å²) in [4.78, 5) is 8.25. The van der Waals surface area contributed by atoms with E-state index in [9.17, 15) is 0 Å². The van der Waals surface area contributed by atoms with Crippen LogP contribution in [0.5, 0.6) is 0 Å². The van der Waals surface area contributed by atoms with Crippen LogP contribution < -0.4 is 5.32 Å². The fourth-order valence-electron chi connectivity index (χ4n) is 1.95. The molecule has 0 spiro atoms. The van der Waals surface area contributed by atoms with Crippen LogP contribution in [0.25, 0.3) is 5.82 Å². The Morgan fingerprint density at radius 2 is 1.95 bits per heavy atom. The van der Waals surface area contributed by atoms with Gasteiger partial charge < -0.3 is 5.32 Å². The number of hydrogen-bond acceptors (Lipinski definition) is 4. The van der Waals surface area contributed by atoms with Crippen LogP contribution in [0.1, 0.15) is 5.56 Å². The molecule has 0 fully saturated rings. The third-order valence-electron chi connectivity index (χ3n) is 2.99. The van der Waals surface area contributed by atoms with Crippen LogP contribution in [-0.4, -0.2) is 26.3 Å². The SMILES string of the molecule is c1ccc(CCNc2ccc(-n3cncn3)nc2)cc1. The largest absolute Gasteiger partial charge is 0.383 e. The van der Waals surface area contributed by atoms with Gasteiger partial charge in [-0.1, -0.05) is 30.3 Å². The standard InChI is InChI=1S/C15H15N5/c1-2-4-13(5-3-1)8-9-17-14-6-7-15(18-10-14)20-12-16-11-19-20/h1-7,10-12,17H,8-9H2. The van der Waals surface area contributed by atoms with E-state index in [-0.39, 0.29) is 0 Å².